The van der Waals surface area contributed by atoms with Gasteiger partial charge in [-0.1, -0.05) is 56.3 Å². The van der Waals surface area contributed by atoms with Crippen molar-refractivity contribution in [1.29, 1.82) is 0 Å². The molecule has 0 saturated carbocycles. The molecule has 0 bridgehead atoms. The Labute approximate surface area is 200 Å². The first-order valence-electron chi connectivity index (χ1n) is 11.2. The molecule has 0 fully saturated rings. The van der Waals surface area contributed by atoms with E-state index >= 15 is 0 Å². The summed E-state index contributed by atoms with van der Waals surface area (Å²) in [7, 11) is 0. The molecule has 7 nitrogen and oxygen atoms in total. The van der Waals surface area contributed by atoms with E-state index in [0.29, 0.717) is 22.6 Å². The van der Waals surface area contributed by atoms with Crippen LogP contribution in [-0.4, -0.2) is 24.3 Å². The van der Waals surface area contributed by atoms with E-state index in [4.69, 9.17) is 0 Å². The number of benzene rings is 3. The minimum Gasteiger partial charge on any atom is -0.376 e. The van der Waals surface area contributed by atoms with Gasteiger partial charge in [-0.2, -0.15) is 0 Å². The van der Waals surface area contributed by atoms with Crippen molar-refractivity contribution >= 4 is 34.8 Å². The molecule has 0 aliphatic rings. The molecule has 0 saturated heterocycles. The van der Waals surface area contributed by atoms with Crippen LogP contribution in [0.25, 0.3) is 0 Å². The van der Waals surface area contributed by atoms with Gasteiger partial charge in [0.1, 0.15) is 0 Å². The maximum Gasteiger partial charge on any atom is 0.251 e. The van der Waals surface area contributed by atoms with Crippen LogP contribution in [0.4, 0.5) is 17.1 Å². The molecule has 1 unspecified atom stereocenters. The van der Waals surface area contributed by atoms with Crippen LogP contribution in [0, 0.1) is 5.92 Å². The summed E-state index contributed by atoms with van der Waals surface area (Å²) in [5.74, 6) is -0.668. The number of rotatable bonds is 9. The van der Waals surface area contributed by atoms with Crippen molar-refractivity contribution in [3.05, 3.63) is 90.0 Å². The monoisotopic (exact) mass is 458 g/mol. The van der Waals surface area contributed by atoms with Crippen molar-refractivity contribution in [2.24, 2.45) is 5.92 Å². The molecule has 0 aliphatic heterocycles. The second-order valence-corrected chi connectivity index (χ2v) is 8.31. The number of amides is 3. The van der Waals surface area contributed by atoms with Gasteiger partial charge in [-0.25, -0.2) is 0 Å². The second kappa shape index (κ2) is 11.7. The third-order valence-corrected chi connectivity index (χ3v) is 5.16. The highest BCUT2D eigenvalue weighted by molar-refractivity contribution is 5.97. The second-order valence-electron chi connectivity index (χ2n) is 8.31. The largest absolute Gasteiger partial charge is 0.376 e. The van der Waals surface area contributed by atoms with Crippen molar-refractivity contribution in [2.75, 3.05) is 22.5 Å². The van der Waals surface area contributed by atoms with Crippen LogP contribution >= 0.6 is 0 Å². The van der Waals surface area contributed by atoms with E-state index in [-0.39, 0.29) is 36.2 Å². The number of hydrogen-bond acceptors (Lipinski definition) is 4. The topological polar surface area (TPSA) is 99.3 Å². The molecule has 34 heavy (non-hydrogen) atoms. The van der Waals surface area contributed by atoms with Gasteiger partial charge in [0.05, 0.1) is 12.6 Å². The van der Waals surface area contributed by atoms with Gasteiger partial charge in [0, 0.05) is 28.5 Å². The quantitative estimate of drug-likeness (QED) is 0.369. The Hall–Kier alpha value is -4.13. The third kappa shape index (κ3) is 7.20. The highest BCUT2D eigenvalue weighted by Gasteiger charge is 2.12. The lowest BCUT2D eigenvalue weighted by molar-refractivity contribution is -0.119. The van der Waals surface area contributed by atoms with Crippen molar-refractivity contribution in [1.82, 2.24) is 5.32 Å². The fourth-order valence-electron chi connectivity index (χ4n) is 3.22. The molecular weight excluding hydrogens is 428 g/mol. The van der Waals surface area contributed by atoms with E-state index in [1.807, 2.05) is 51.1 Å². The Balaban J connectivity index is 1.54. The number of anilines is 3. The summed E-state index contributed by atoms with van der Waals surface area (Å²) in [5.41, 5.74) is 3.38. The van der Waals surface area contributed by atoms with Crippen LogP contribution in [0.2, 0.25) is 0 Å². The first-order chi connectivity index (χ1) is 16.3. The number of hydrogen-bond donors (Lipinski definition) is 4. The molecule has 0 radical (unpaired) electrons. The molecule has 0 aromatic heterocycles. The van der Waals surface area contributed by atoms with E-state index in [1.165, 1.54) is 0 Å². The predicted molar refractivity (Wildman–Crippen MR) is 136 cm³/mol. The first kappa shape index (κ1) is 24.5. The average Bonchev–Trinajstić information content (AvgIpc) is 2.83. The molecule has 3 rings (SSSR count). The fourth-order valence-corrected chi connectivity index (χ4v) is 3.22. The van der Waals surface area contributed by atoms with Crippen molar-refractivity contribution < 1.29 is 14.4 Å². The molecule has 0 heterocycles. The maximum absolute atomic E-state index is 12.7. The van der Waals surface area contributed by atoms with E-state index in [1.54, 1.807) is 48.5 Å². The molecule has 3 aromatic carbocycles. The summed E-state index contributed by atoms with van der Waals surface area (Å²) in [6, 6.07) is 23.6. The standard InChI is InChI=1S/C27H30N4O3/c1-18(2)26(33)31-24-14-8-13-23(16-24)30-25(32)17-28-22-12-7-11-21(15-22)27(34)29-19(3)20-9-5-4-6-10-20/h4-16,18-19,28H,17H2,1-3H3,(H,29,34)(H,30,32)(H,31,33). The molecule has 4 N–H and O–H groups in total. The first-order valence-corrected chi connectivity index (χ1v) is 11.2. The van der Waals surface area contributed by atoms with Gasteiger partial charge in [0.25, 0.3) is 5.91 Å². The van der Waals surface area contributed by atoms with Crippen molar-refractivity contribution in [2.45, 2.75) is 26.8 Å². The summed E-state index contributed by atoms with van der Waals surface area (Å²) >= 11 is 0. The fraction of sp³-hybridized carbons (Fsp3) is 0.222. The Morgan fingerprint density at radius 3 is 2.09 bits per heavy atom. The van der Waals surface area contributed by atoms with E-state index in [9.17, 15) is 14.4 Å². The average molecular weight is 459 g/mol. The molecule has 0 aliphatic carbocycles. The summed E-state index contributed by atoms with van der Waals surface area (Å²) in [6.45, 7) is 5.58. The Bertz CT molecular complexity index is 1150. The summed E-state index contributed by atoms with van der Waals surface area (Å²) in [6.07, 6.45) is 0. The van der Waals surface area contributed by atoms with Gasteiger partial charge in [-0.05, 0) is 48.9 Å². The summed E-state index contributed by atoms with van der Waals surface area (Å²) in [5, 5.41) is 11.6. The van der Waals surface area contributed by atoms with Gasteiger partial charge in [0.15, 0.2) is 0 Å². The van der Waals surface area contributed by atoms with E-state index in [0.717, 1.165) is 5.56 Å². The SMILES string of the molecule is CC(C)C(=O)Nc1cccc(NC(=O)CNc2cccc(C(=O)NC(C)c3ccccc3)c2)c1. The molecular formula is C27H30N4O3. The predicted octanol–water partition coefficient (Wildman–Crippen LogP) is 4.82. The lowest BCUT2D eigenvalue weighted by Crippen LogP contribution is -2.26. The highest BCUT2D eigenvalue weighted by Crippen LogP contribution is 2.17. The lowest BCUT2D eigenvalue weighted by atomic mass is 10.1. The highest BCUT2D eigenvalue weighted by atomic mass is 16.2. The zero-order chi connectivity index (χ0) is 24.5. The molecule has 0 spiro atoms. The maximum atomic E-state index is 12.7. The number of carbonyl (C=O) groups is 3. The summed E-state index contributed by atoms with van der Waals surface area (Å²) in [4.78, 5) is 36.9. The molecule has 176 valence electrons. The third-order valence-electron chi connectivity index (χ3n) is 5.16. The molecule has 3 amide bonds. The number of carbonyl (C=O) groups excluding carboxylic acids is 3. The van der Waals surface area contributed by atoms with Gasteiger partial charge >= 0.3 is 0 Å². The Kier molecular flexibility index (Phi) is 8.40. The van der Waals surface area contributed by atoms with Gasteiger partial charge in [0.2, 0.25) is 11.8 Å². The Morgan fingerprint density at radius 1 is 0.735 bits per heavy atom. The van der Waals surface area contributed by atoms with Crippen LogP contribution in [0.1, 0.15) is 42.7 Å². The van der Waals surface area contributed by atoms with Gasteiger partial charge in [-0.3, -0.25) is 14.4 Å². The molecule has 7 heteroatoms. The smallest absolute Gasteiger partial charge is 0.251 e. The normalized spacial score (nSPS) is 11.4. The molecule has 3 aromatic rings. The number of nitrogens with one attached hydrogen (secondary N) is 4. The Morgan fingerprint density at radius 2 is 1.38 bits per heavy atom. The lowest BCUT2D eigenvalue weighted by Gasteiger charge is -2.15. The van der Waals surface area contributed by atoms with Gasteiger partial charge in [-0.15, -0.1) is 0 Å². The van der Waals surface area contributed by atoms with Crippen LogP contribution in [-0.2, 0) is 9.59 Å². The molecule has 1 atom stereocenters. The van der Waals surface area contributed by atoms with E-state index in [2.05, 4.69) is 21.3 Å². The van der Waals surface area contributed by atoms with Crippen LogP contribution in [0.5, 0.6) is 0 Å². The van der Waals surface area contributed by atoms with Crippen LogP contribution in [0.15, 0.2) is 78.9 Å². The van der Waals surface area contributed by atoms with Crippen molar-refractivity contribution in [3.63, 3.8) is 0 Å². The van der Waals surface area contributed by atoms with E-state index < -0.39 is 0 Å². The zero-order valence-electron chi connectivity index (χ0n) is 19.6. The van der Waals surface area contributed by atoms with Crippen molar-refractivity contribution in [3.8, 4) is 0 Å². The zero-order valence-corrected chi connectivity index (χ0v) is 19.6. The minimum absolute atomic E-state index is 0.0219. The van der Waals surface area contributed by atoms with Crippen LogP contribution < -0.4 is 21.3 Å². The minimum atomic E-state index is -0.250. The van der Waals surface area contributed by atoms with Crippen LogP contribution in [0.3, 0.4) is 0 Å². The van der Waals surface area contributed by atoms with Gasteiger partial charge < -0.3 is 21.3 Å². The summed E-state index contributed by atoms with van der Waals surface area (Å²) < 4.78 is 0.